The van der Waals surface area contributed by atoms with Crippen molar-refractivity contribution >= 4 is 0 Å². The van der Waals surface area contributed by atoms with Crippen LogP contribution in [0, 0.1) is 0 Å². The predicted molar refractivity (Wildman–Crippen MR) is 80.5 cm³/mol. The van der Waals surface area contributed by atoms with Crippen LogP contribution in [0.15, 0.2) is 0 Å². The van der Waals surface area contributed by atoms with Crippen molar-refractivity contribution < 1.29 is 4.74 Å². The molecular weight excluding hydrogens is 236 g/mol. The van der Waals surface area contributed by atoms with Crippen molar-refractivity contribution in [1.29, 1.82) is 0 Å². The van der Waals surface area contributed by atoms with Crippen LogP contribution in [0.3, 0.4) is 0 Å². The van der Waals surface area contributed by atoms with Crippen LogP contribution in [0.25, 0.3) is 0 Å². The third kappa shape index (κ3) is 4.17. The second kappa shape index (κ2) is 7.05. The third-order valence-corrected chi connectivity index (χ3v) is 4.79. The lowest BCUT2D eigenvalue weighted by Crippen LogP contribution is -2.40. The molecule has 19 heavy (non-hydrogen) atoms. The van der Waals surface area contributed by atoms with Crippen molar-refractivity contribution in [1.82, 2.24) is 10.2 Å². The number of nitrogens with one attached hydrogen (secondary N) is 1. The van der Waals surface area contributed by atoms with Crippen LogP contribution in [-0.2, 0) is 4.74 Å². The van der Waals surface area contributed by atoms with Crippen LogP contribution in [0.1, 0.15) is 59.8 Å². The van der Waals surface area contributed by atoms with Gasteiger partial charge in [0, 0.05) is 31.2 Å². The van der Waals surface area contributed by atoms with E-state index in [1.807, 2.05) is 0 Å². The van der Waals surface area contributed by atoms with E-state index in [4.69, 9.17) is 4.74 Å². The lowest BCUT2D eigenvalue weighted by Gasteiger charge is -2.30. The molecule has 2 aliphatic heterocycles. The van der Waals surface area contributed by atoms with Crippen LogP contribution in [0.2, 0.25) is 0 Å². The molecule has 2 fully saturated rings. The lowest BCUT2D eigenvalue weighted by atomic mass is 10.1. The van der Waals surface area contributed by atoms with E-state index in [1.165, 1.54) is 32.1 Å². The highest BCUT2D eigenvalue weighted by Crippen LogP contribution is 2.29. The Hall–Kier alpha value is -0.120. The summed E-state index contributed by atoms with van der Waals surface area (Å²) in [6.07, 6.45) is 7.40. The summed E-state index contributed by atoms with van der Waals surface area (Å²) < 4.78 is 6.21. The minimum absolute atomic E-state index is 0.436. The molecule has 112 valence electrons. The zero-order valence-electron chi connectivity index (χ0n) is 13.2. The van der Waals surface area contributed by atoms with Gasteiger partial charge in [-0.1, -0.05) is 20.8 Å². The molecule has 0 radical (unpaired) electrons. The second-order valence-electron chi connectivity index (χ2n) is 6.71. The summed E-state index contributed by atoms with van der Waals surface area (Å²) in [5.41, 5.74) is 0. The highest BCUT2D eigenvalue weighted by molar-refractivity contribution is 4.88. The molecule has 0 saturated carbocycles. The maximum absolute atomic E-state index is 6.21. The van der Waals surface area contributed by atoms with Gasteiger partial charge in [0.15, 0.2) is 0 Å². The summed E-state index contributed by atoms with van der Waals surface area (Å²) in [7, 11) is 0. The normalized spacial score (nSPS) is 36.5. The van der Waals surface area contributed by atoms with E-state index in [0.717, 1.165) is 25.2 Å². The van der Waals surface area contributed by atoms with Crippen molar-refractivity contribution in [2.45, 2.75) is 90.1 Å². The minimum Gasteiger partial charge on any atom is -0.372 e. The molecule has 1 N–H and O–H groups in total. The second-order valence-corrected chi connectivity index (χ2v) is 6.71. The Morgan fingerprint density at radius 3 is 2.58 bits per heavy atom. The molecule has 4 unspecified atom stereocenters. The fourth-order valence-corrected chi connectivity index (χ4v) is 3.56. The van der Waals surface area contributed by atoms with Crippen molar-refractivity contribution in [2.75, 3.05) is 13.1 Å². The van der Waals surface area contributed by atoms with Crippen LogP contribution in [-0.4, -0.2) is 48.3 Å². The first-order valence-corrected chi connectivity index (χ1v) is 8.24. The standard InChI is InChI=1S/C16H32N2O/c1-5-14-7-6-13(4)18(14)11-16-9-8-15(19-16)10-17-12(2)3/h12-17H,5-11H2,1-4H3. The molecule has 0 spiro atoms. The number of rotatable bonds is 6. The first-order chi connectivity index (χ1) is 9.10. The molecule has 2 saturated heterocycles. The first-order valence-electron chi connectivity index (χ1n) is 8.24. The van der Waals surface area contributed by atoms with Gasteiger partial charge in [-0.05, 0) is 39.0 Å². The average Bonchev–Trinajstić information content (AvgIpc) is 2.96. The van der Waals surface area contributed by atoms with Crippen LogP contribution in [0.5, 0.6) is 0 Å². The Morgan fingerprint density at radius 1 is 1.16 bits per heavy atom. The lowest BCUT2D eigenvalue weighted by molar-refractivity contribution is 0.0131. The number of nitrogens with zero attached hydrogens (tertiary/aromatic N) is 1. The van der Waals surface area contributed by atoms with Crippen molar-refractivity contribution in [3.8, 4) is 0 Å². The van der Waals surface area contributed by atoms with E-state index in [-0.39, 0.29) is 0 Å². The van der Waals surface area contributed by atoms with Gasteiger partial charge in [-0.2, -0.15) is 0 Å². The SMILES string of the molecule is CCC1CCC(C)N1CC1CCC(CNC(C)C)O1. The third-order valence-electron chi connectivity index (χ3n) is 4.79. The number of hydrogen-bond donors (Lipinski definition) is 1. The zero-order chi connectivity index (χ0) is 13.8. The molecule has 0 bridgehead atoms. The van der Waals surface area contributed by atoms with Gasteiger partial charge in [-0.3, -0.25) is 4.90 Å². The largest absolute Gasteiger partial charge is 0.372 e. The smallest absolute Gasteiger partial charge is 0.0707 e. The summed E-state index contributed by atoms with van der Waals surface area (Å²) >= 11 is 0. The van der Waals surface area contributed by atoms with Crippen LogP contribution in [0.4, 0.5) is 0 Å². The van der Waals surface area contributed by atoms with Crippen molar-refractivity contribution in [3.63, 3.8) is 0 Å². The molecule has 2 rings (SSSR count). The Kier molecular flexibility index (Phi) is 5.67. The van der Waals surface area contributed by atoms with E-state index < -0.39 is 0 Å². The Labute approximate surface area is 119 Å². The summed E-state index contributed by atoms with van der Waals surface area (Å²) in [5, 5.41) is 3.49. The molecular formula is C16H32N2O. The van der Waals surface area contributed by atoms with Crippen molar-refractivity contribution in [3.05, 3.63) is 0 Å². The van der Waals surface area contributed by atoms with Gasteiger partial charge >= 0.3 is 0 Å². The molecule has 0 amide bonds. The van der Waals surface area contributed by atoms with Crippen LogP contribution < -0.4 is 5.32 Å². The molecule has 2 heterocycles. The van der Waals surface area contributed by atoms with Gasteiger partial charge in [-0.15, -0.1) is 0 Å². The summed E-state index contributed by atoms with van der Waals surface area (Å²) in [4.78, 5) is 2.70. The molecule has 3 nitrogen and oxygen atoms in total. The first kappa shape index (κ1) is 15.3. The maximum atomic E-state index is 6.21. The minimum atomic E-state index is 0.436. The van der Waals surface area contributed by atoms with Gasteiger partial charge in [0.05, 0.1) is 12.2 Å². The zero-order valence-corrected chi connectivity index (χ0v) is 13.2. The Balaban J connectivity index is 1.75. The monoisotopic (exact) mass is 268 g/mol. The molecule has 0 aromatic heterocycles. The summed E-state index contributed by atoms with van der Waals surface area (Å²) in [6, 6.07) is 2.11. The molecule has 0 aliphatic carbocycles. The van der Waals surface area contributed by atoms with E-state index in [0.29, 0.717) is 18.2 Å². The number of hydrogen-bond acceptors (Lipinski definition) is 3. The number of ether oxygens (including phenoxy) is 1. The van der Waals surface area contributed by atoms with Gasteiger partial charge < -0.3 is 10.1 Å². The highest BCUT2D eigenvalue weighted by Gasteiger charge is 2.34. The molecule has 0 aromatic rings. The topological polar surface area (TPSA) is 24.5 Å². The fourth-order valence-electron chi connectivity index (χ4n) is 3.56. The van der Waals surface area contributed by atoms with E-state index in [2.05, 4.69) is 37.9 Å². The van der Waals surface area contributed by atoms with E-state index in [1.54, 1.807) is 0 Å². The van der Waals surface area contributed by atoms with Gasteiger partial charge in [0.1, 0.15) is 0 Å². The molecule has 4 atom stereocenters. The van der Waals surface area contributed by atoms with Crippen molar-refractivity contribution in [2.24, 2.45) is 0 Å². The molecule has 3 heteroatoms. The fraction of sp³-hybridized carbons (Fsp3) is 1.00. The Bertz CT molecular complexity index is 269. The van der Waals surface area contributed by atoms with E-state index >= 15 is 0 Å². The van der Waals surface area contributed by atoms with E-state index in [9.17, 15) is 0 Å². The van der Waals surface area contributed by atoms with Gasteiger partial charge in [-0.25, -0.2) is 0 Å². The Morgan fingerprint density at radius 2 is 1.89 bits per heavy atom. The molecule has 2 aliphatic rings. The maximum Gasteiger partial charge on any atom is 0.0707 e. The van der Waals surface area contributed by atoms with Crippen LogP contribution >= 0.6 is 0 Å². The average molecular weight is 268 g/mol. The van der Waals surface area contributed by atoms with Gasteiger partial charge in [0.25, 0.3) is 0 Å². The summed E-state index contributed by atoms with van der Waals surface area (Å²) in [5.74, 6) is 0. The summed E-state index contributed by atoms with van der Waals surface area (Å²) in [6.45, 7) is 11.3. The molecule has 0 aromatic carbocycles. The van der Waals surface area contributed by atoms with Gasteiger partial charge in [0.2, 0.25) is 0 Å². The quantitative estimate of drug-likeness (QED) is 0.801. The predicted octanol–water partition coefficient (Wildman–Crippen LogP) is 2.79. The number of likely N-dealkylation sites (tertiary alicyclic amines) is 1. The highest BCUT2D eigenvalue weighted by atomic mass is 16.5.